The van der Waals surface area contributed by atoms with Crippen molar-refractivity contribution >= 4 is 38.1 Å². The summed E-state index contributed by atoms with van der Waals surface area (Å²) in [4.78, 5) is 28.2. The number of nitrogens with zero attached hydrogens (tertiary/aromatic N) is 4. The molecule has 1 N–H and O–H groups in total. The van der Waals surface area contributed by atoms with Crippen molar-refractivity contribution in [3.05, 3.63) is 58.5 Å². The smallest absolute Gasteiger partial charge is 0.276 e. The third-order valence-corrected chi connectivity index (χ3v) is 8.47. The Bertz CT molecular complexity index is 1410. The Morgan fingerprint density at radius 1 is 1.03 bits per heavy atom. The number of amides is 1. The van der Waals surface area contributed by atoms with E-state index in [-0.39, 0.29) is 16.1 Å². The number of hydrogen-bond donors (Lipinski definition) is 1. The quantitative estimate of drug-likeness (QED) is 0.538. The van der Waals surface area contributed by atoms with Crippen molar-refractivity contribution < 1.29 is 13.2 Å². The van der Waals surface area contributed by atoms with Crippen molar-refractivity contribution in [2.45, 2.75) is 38.0 Å². The van der Waals surface area contributed by atoms with Crippen LogP contribution in [-0.2, 0) is 17.1 Å². The molecule has 1 aliphatic heterocycles. The molecule has 0 radical (unpaired) electrons. The van der Waals surface area contributed by atoms with Gasteiger partial charge in [-0.25, -0.2) is 13.1 Å². The molecule has 1 amide bonds. The Kier molecular flexibility index (Phi) is 7.23. The number of anilines is 2. The molecule has 10 heteroatoms. The zero-order chi connectivity index (χ0) is 25.2. The highest BCUT2D eigenvalue weighted by Gasteiger charge is 2.25. The fourth-order valence-electron chi connectivity index (χ4n) is 4.55. The number of fused-ring (bicyclic) bond motifs is 1. The fraction of sp³-hybridized carbons (Fsp3) is 0.400. The highest BCUT2D eigenvalue weighted by molar-refractivity contribution is 7.89. The number of benzene rings is 2. The van der Waals surface area contributed by atoms with E-state index in [0.717, 1.165) is 42.7 Å². The van der Waals surface area contributed by atoms with Gasteiger partial charge in [-0.15, -0.1) is 0 Å². The second kappa shape index (κ2) is 10.2. The van der Waals surface area contributed by atoms with Gasteiger partial charge < -0.3 is 10.2 Å². The van der Waals surface area contributed by atoms with Crippen molar-refractivity contribution in [1.82, 2.24) is 14.1 Å². The number of carbonyl (C=O) groups is 1. The van der Waals surface area contributed by atoms with Gasteiger partial charge in [0.15, 0.2) is 5.69 Å². The van der Waals surface area contributed by atoms with Crippen LogP contribution < -0.4 is 15.8 Å². The normalized spacial score (nSPS) is 14.5. The number of aryl methyl sites for hydroxylation is 1. The molecule has 2 aromatic carbocycles. The monoisotopic (exact) mass is 497 g/mol. The fourth-order valence-corrected chi connectivity index (χ4v) is 6.03. The summed E-state index contributed by atoms with van der Waals surface area (Å²) in [7, 11) is -2.21. The van der Waals surface area contributed by atoms with Gasteiger partial charge in [-0.05, 0) is 43.5 Å². The number of rotatable bonds is 7. The molecule has 0 unspecified atom stereocenters. The number of aromatic nitrogens is 2. The van der Waals surface area contributed by atoms with E-state index in [1.54, 1.807) is 50.2 Å². The maximum atomic E-state index is 13.5. The molecule has 2 heterocycles. The van der Waals surface area contributed by atoms with Gasteiger partial charge in [-0.3, -0.25) is 9.59 Å². The molecule has 0 atom stereocenters. The highest BCUT2D eigenvalue weighted by atomic mass is 32.2. The Balaban J connectivity index is 1.80. The summed E-state index contributed by atoms with van der Waals surface area (Å²) in [5, 5.41) is 7.96. The van der Waals surface area contributed by atoms with Gasteiger partial charge in [-0.2, -0.15) is 9.40 Å². The molecule has 1 fully saturated rings. The average molecular weight is 498 g/mol. The minimum Gasteiger partial charge on any atom is -0.370 e. The lowest BCUT2D eigenvalue weighted by molar-refractivity contribution is 0.102. The number of nitrogens with one attached hydrogen (secondary N) is 1. The van der Waals surface area contributed by atoms with Crippen LogP contribution in [0.25, 0.3) is 10.8 Å². The molecule has 1 aromatic heterocycles. The standard InChI is InChI=1S/C25H31N5O4S/c1-4-30(5-2)35(33,34)18-13-14-22(29-15-9-6-10-16-29)21(17-18)26-24(31)23-19-11-7-8-12-20(19)25(32)28(3)27-23/h7-8,11-14,17H,4-6,9-10,15-16H2,1-3H3,(H,26,31). The van der Waals surface area contributed by atoms with E-state index in [4.69, 9.17) is 0 Å². The SMILES string of the molecule is CCN(CC)S(=O)(=O)c1ccc(N2CCCCC2)c(NC(=O)c2nn(C)c(=O)c3ccccc23)c1. The van der Waals surface area contributed by atoms with Gasteiger partial charge in [0.25, 0.3) is 11.5 Å². The highest BCUT2D eigenvalue weighted by Crippen LogP contribution is 2.32. The molecule has 0 spiro atoms. The molecular weight excluding hydrogens is 466 g/mol. The number of hydrogen-bond acceptors (Lipinski definition) is 6. The van der Waals surface area contributed by atoms with E-state index >= 15 is 0 Å². The van der Waals surface area contributed by atoms with Crippen molar-refractivity contribution in [3.8, 4) is 0 Å². The van der Waals surface area contributed by atoms with Crippen LogP contribution >= 0.6 is 0 Å². The number of piperidine rings is 1. The molecule has 186 valence electrons. The van der Waals surface area contributed by atoms with Crippen molar-refractivity contribution in [3.63, 3.8) is 0 Å². The minimum atomic E-state index is -3.72. The summed E-state index contributed by atoms with van der Waals surface area (Å²) >= 11 is 0. The average Bonchev–Trinajstić information content (AvgIpc) is 2.87. The van der Waals surface area contributed by atoms with Crippen LogP contribution in [0.5, 0.6) is 0 Å². The summed E-state index contributed by atoms with van der Waals surface area (Å²) < 4.78 is 28.9. The Morgan fingerprint density at radius 3 is 2.34 bits per heavy atom. The molecule has 0 saturated carbocycles. The molecule has 3 aromatic rings. The second-order valence-corrected chi connectivity index (χ2v) is 10.5. The zero-order valence-electron chi connectivity index (χ0n) is 20.3. The molecular formula is C25H31N5O4S. The summed E-state index contributed by atoms with van der Waals surface area (Å²) in [5.74, 6) is -0.507. The molecule has 1 aliphatic rings. The van der Waals surface area contributed by atoms with E-state index < -0.39 is 15.9 Å². The molecule has 0 bridgehead atoms. The largest absolute Gasteiger partial charge is 0.370 e. The van der Waals surface area contributed by atoms with Gasteiger partial charge >= 0.3 is 0 Å². The molecule has 35 heavy (non-hydrogen) atoms. The van der Waals surface area contributed by atoms with E-state index in [2.05, 4.69) is 15.3 Å². The van der Waals surface area contributed by atoms with Crippen molar-refractivity contribution in [2.75, 3.05) is 36.4 Å². The van der Waals surface area contributed by atoms with Crippen LogP contribution in [0, 0.1) is 0 Å². The van der Waals surface area contributed by atoms with Crippen LogP contribution in [0.4, 0.5) is 11.4 Å². The first-order valence-corrected chi connectivity index (χ1v) is 13.4. The summed E-state index contributed by atoms with van der Waals surface area (Å²) in [6, 6.07) is 11.7. The predicted octanol–water partition coefficient (Wildman–Crippen LogP) is 3.21. The lowest BCUT2D eigenvalue weighted by Crippen LogP contribution is -2.32. The first-order valence-electron chi connectivity index (χ1n) is 11.9. The van der Waals surface area contributed by atoms with E-state index in [1.165, 1.54) is 17.4 Å². The lowest BCUT2D eigenvalue weighted by atomic mass is 10.1. The summed E-state index contributed by atoms with van der Waals surface area (Å²) in [6.45, 7) is 5.94. The maximum absolute atomic E-state index is 13.5. The van der Waals surface area contributed by atoms with Crippen molar-refractivity contribution in [2.24, 2.45) is 7.05 Å². The summed E-state index contributed by atoms with van der Waals surface area (Å²) in [5.41, 5.74) is 0.985. The Hall–Kier alpha value is -3.24. The van der Waals surface area contributed by atoms with Gasteiger partial charge in [0, 0.05) is 38.6 Å². The topological polar surface area (TPSA) is 105 Å². The predicted molar refractivity (Wildman–Crippen MR) is 138 cm³/mol. The zero-order valence-corrected chi connectivity index (χ0v) is 21.1. The van der Waals surface area contributed by atoms with Gasteiger partial charge in [0.05, 0.1) is 21.7 Å². The van der Waals surface area contributed by atoms with Crippen LogP contribution in [0.15, 0.2) is 52.2 Å². The minimum absolute atomic E-state index is 0.101. The maximum Gasteiger partial charge on any atom is 0.276 e. The van der Waals surface area contributed by atoms with E-state index in [9.17, 15) is 18.0 Å². The third kappa shape index (κ3) is 4.81. The number of carbonyl (C=O) groups excluding carboxylic acids is 1. The van der Waals surface area contributed by atoms with Gasteiger partial charge in [-0.1, -0.05) is 32.0 Å². The van der Waals surface area contributed by atoms with E-state index in [1.807, 2.05) is 0 Å². The third-order valence-electron chi connectivity index (χ3n) is 6.43. The van der Waals surface area contributed by atoms with E-state index in [0.29, 0.717) is 29.5 Å². The molecule has 1 saturated heterocycles. The van der Waals surface area contributed by atoms with Crippen LogP contribution in [0.2, 0.25) is 0 Å². The Morgan fingerprint density at radius 2 is 1.69 bits per heavy atom. The van der Waals surface area contributed by atoms with Gasteiger partial charge in [0.2, 0.25) is 10.0 Å². The molecule has 9 nitrogen and oxygen atoms in total. The Labute approximate surface area is 205 Å². The van der Waals surface area contributed by atoms with Crippen LogP contribution in [0.1, 0.15) is 43.6 Å². The summed E-state index contributed by atoms with van der Waals surface area (Å²) in [6.07, 6.45) is 3.19. The molecule has 4 rings (SSSR count). The van der Waals surface area contributed by atoms with Gasteiger partial charge in [0.1, 0.15) is 0 Å². The first kappa shape index (κ1) is 24.9. The first-order chi connectivity index (χ1) is 16.8. The van der Waals surface area contributed by atoms with Crippen LogP contribution in [0.3, 0.4) is 0 Å². The second-order valence-electron chi connectivity index (χ2n) is 8.59. The lowest BCUT2D eigenvalue weighted by Gasteiger charge is -2.31. The van der Waals surface area contributed by atoms with Crippen LogP contribution in [-0.4, -0.2) is 54.6 Å². The number of sulfonamides is 1. The van der Waals surface area contributed by atoms with Crippen molar-refractivity contribution in [1.29, 1.82) is 0 Å². The molecule has 0 aliphatic carbocycles.